The van der Waals surface area contributed by atoms with Crippen molar-refractivity contribution < 1.29 is 29.3 Å². The average molecular weight is 853 g/mol. The molecule has 13 heteroatoms. The van der Waals surface area contributed by atoms with E-state index in [1.54, 1.807) is 24.1 Å². The Morgan fingerprint density at radius 3 is 2.33 bits per heavy atom. The third kappa shape index (κ3) is 13.9. The molecule has 13 nitrogen and oxygen atoms in total. The van der Waals surface area contributed by atoms with Crippen molar-refractivity contribution in [1.82, 2.24) is 25.8 Å². The maximum atomic E-state index is 13.1. The SMILES string of the molecule is C=C(/C=C\C=C/CNC(=O)OC1CCN(CCC(=O)N(C)c2ccc(CNC(=O)Cc3ccc(CNC[C@H](O)c4ccc(O)c5[nH]c(=O)ccc45)cc3)cc2)CC1)c1ccccc1. The minimum atomic E-state index is -0.863. The second kappa shape index (κ2) is 22.9. The zero-order valence-corrected chi connectivity index (χ0v) is 35.6. The summed E-state index contributed by atoms with van der Waals surface area (Å²) in [4.78, 5) is 56.3. The maximum Gasteiger partial charge on any atom is 0.407 e. The van der Waals surface area contributed by atoms with Crippen molar-refractivity contribution in [1.29, 1.82) is 0 Å². The summed E-state index contributed by atoms with van der Waals surface area (Å²) in [5.74, 6) is -0.165. The Kier molecular flexibility index (Phi) is 16.6. The van der Waals surface area contributed by atoms with Crippen LogP contribution in [0.1, 0.15) is 53.2 Å². The topological polar surface area (TPSA) is 176 Å². The maximum absolute atomic E-state index is 13.1. The average Bonchev–Trinajstić information content (AvgIpc) is 3.30. The fourth-order valence-electron chi connectivity index (χ4n) is 7.29. The molecule has 0 unspecified atom stereocenters. The molecule has 1 aliphatic heterocycles. The van der Waals surface area contributed by atoms with Gasteiger partial charge in [-0.15, -0.1) is 0 Å². The number of alkyl carbamates (subject to hydrolysis) is 1. The number of aromatic nitrogens is 1. The second-order valence-corrected chi connectivity index (χ2v) is 15.6. The van der Waals surface area contributed by atoms with E-state index in [9.17, 15) is 29.4 Å². The minimum Gasteiger partial charge on any atom is -0.506 e. The van der Waals surface area contributed by atoms with Crippen molar-refractivity contribution in [3.63, 3.8) is 0 Å². The summed E-state index contributed by atoms with van der Waals surface area (Å²) in [7, 11) is 1.76. The van der Waals surface area contributed by atoms with Gasteiger partial charge in [-0.2, -0.15) is 0 Å². The van der Waals surface area contributed by atoms with Gasteiger partial charge in [0.1, 0.15) is 11.9 Å². The molecule has 2 heterocycles. The predicted molar refractivity (Wildman–Crippen MR) is 247 cm³/mol. The number of aromatic amines is 1. The second-order valence-electron chi connectivity index (χ2n) is 15.6. The third-order valence-electron chi connectivity index (χ3n) is 11.0. The number of carbonyl (C=O) groups excluding carboxylic acids is 3. The zero-order valence-electron chi connectivity index (χ0n) is 35.6. The smallest absolute Gasteiger partial charge is 0.407 e. The lowest BCUT2D eigenvalue weighted by molar-refractivity contribution is -0.120. The van der Waals surface area contributed by atoms with Crippen molar-refractivity contribution in [2.45, 2.75) is 51.0 Å². The number of H-pyrrole nitrogens is 1. The number of amides is 3. The normalized spacial score (nSPS) is 13.9. The van der Waals surface area contributed by atoms with Crippen molar-refractivity contribution in [3.05, 3.63) is 172 Å². The number of nitrogens with one attached hydrogen (secondary N) is 4. The third-order valence-corrected chi connectivity index (χ3v) is 11.0. The van der Waals surface area contributed by atoms with Crippen LogP contribution in [0.4, 0.5) is 10.5 Å². The largest absolute Gasteiger partial charge is 0.506 e. The molecule has 5 aromatic rings. The van der Waals surface area contributed by atoms with Crippen LogP contribution in [0.25, 0.3) is 16.5 Å². The van der Waals surface area contributed by atoms with Crippen molar-refractivity contribution in [2.24, 2.45) is 0 Å². The van der Waals surface area contributed by atoms with Gasteiger partial charge in [-0.25, -0.2) is 4.79 Å². The van der Waals surface area contributed by atoms with Gasteiger partial charge < -0.3 is 45.7 Å². The van der Waals surface area contributed by atoms with Gasteiger partial charge in [0.2, 0.25) is 17.4 Å². The molecule has 0 radical (unpaired) electrons. The van der Waals surface area contributed by atoms with Gasteiger partial charge in [-0.1, -0.05) is 104 Å². The number of likely N-dealkylation sites (tertiary alicyclic amines) is 1. The molecule has 0 aliphatic carbocycles. The van der Waals surface area contributed by atoms with Crippen LogP contribution >= 0.6 is 0 Å². The highest BCUT2D eigenvalue weighted by atomic mass is 16.6. The standard InChI is InChI=1S/C50H56N6O7/c1-35(39-10-6-3-7-11-39)9-5-4-8-27-52-50(62)63-41-24-28-56(29-25-41)30-26-48(61)55(2)40-18-16-38(17-19-40)33-53-47(60)31-36-12-14-37(15-13-36)32-51-34-45(58)42-20-22-44(57)49-43(42)21-23-46(59)54-49/h3-23,41,45,51,57-58H,1,24-34H2,2H3,(H,52,62)(H,53,60)(H,54,59)/b8-4-,9-5-/t45-/m0/s1. The Morgan fingerprint density at radius 2 is 1.59 bits per heavy atom. The summed E-state index contributed by atoms with van der Waals surface area (Å²) in [5, 5.41) is 30.5. The number of rotatable bonds is 19. The van der Waals surface area contributed by atoms with Crippen LogP contribution in [0, 0.1) is 0 Å². The number of pyridine rings is 1. The molecular weight excluding hydrogens is 797 g/mol. The number of aliphatic hydroxyl groups excluding tert-OH is 1. The molecule has 0 spiro atoms. The van der Waals surface area contributed by atoms with E-state index in [1.165, 1.54) is 12.1 Å². The van der Waals surface area contributed by atoms with Gasteiger partial charge in [0, 0.05) is 76.4 Å². The van der Waals surface area contributed by atoms with E-state index in [2.05, 4.69) is 32.4 Å². The first kappa shape index (κ1) is 45.7. The highest BCUT2D eigenvalue weighted by Gasteiger charge is 2.23. The Labute approximate surface area is 367 Å². The summed E-state index contributed by atoms with van der Waals surface area (Å²) >= 11 is 0. The highest BCUT2D eigenvalue weighted by Crippen LogP contribution is 2.28. The van der Waals surface area contributed by atoms with E-state index in [1.807, 2.05) is 103 Å². The first-order valence-electron chi connectivity index (χ1n) is 21.2. The summed E-state index contributed by atoms with van der Waals surface area (Å²) in [5.41, 5.74) is 6.06. The van der Waals surface area contributed by atoms with E-state index in [4.69, 9.17) is 4.74 Å². The molecule has 0 saturated carbocycles. The molecule has 1 saturated heterocycles. The number of phenols is 1. The molecule has 1 aliphatic rings. The monoisotopic (exact) mass is 852 g/mol. The molecular formula is C50H56N6O7. The molecule has 6 N–H and O–H groups in total. The number of aliphatic hydroxyl groups is 1. The number of hydrogen-bond donors (Lipinski definition) is 6. The molecule has 1 atom stereocenters. The van der Waals surface area contributed by atoms with Crippen molar-refractivity contribution >= 4 is 40.1 Å². The highest BCUT2D eigenvalue weighted by molar-refractivity contribution is 5.93. The number of anilines is 1. The molecule has 1 aromatic heterocycles. The van der Waals surface area contributed by atoms with Gasteiger partial charge in [-0.05, 0) is 70.5 Å². The number of nitrogens with zero attached hydrogens (tertiary/aromatic N) is 2. The van der Waals surface area contributed by atoms with Crippen LogP contribution in [0.15, 0.2) is 139 Å². The summed E-state index contributed by atoms with van der Waals surface area (Å²) in [6.45, 7) is 7.64. The van der Waals surface area contributed by atoms with Gasteiger partial charge in [0.15, 0.2) is 0 Å². The molecule has 0 bridgehead atoms. The number of aromatic hydroxyl groups is 1. The zero-order chi connectivity index (χ0) is 44.6. The Bertz CT molecular complexity index is 2440. The number of benzene rings is 4. The summed E-state index contributed by atoms with van der Waals surface area (Å²) in [6, 6.07) is 31.2. The van der Waals surface area contributed by atoms with E-state index in [-0.39, 0.29) is 42.2 Å². The molecule has 3 amide bonds. The van der Waals surface area contributed by atoms with E-state index < -0.39 is 12.2 Å². The lowest BCUT2D eigenvalue weighted by Gasteiger charge is -2.31. The first-order valence-corrected chi connectivity index (χ1v) is 21.2. The Hall–Kier alpha value is -6.80. The number of carbonyl (C=O) groups is 3. The Morgan fingerprint density at radius 1 is 0.889 bits per heavy atom. The lowest BCUT2D eigenvalue weighted by atomic mass is 10.0. The van der Waals surface area contributed by atoms with Gasteiger partial charge >= 0.3 is 6.09 Å². The minimum absolute atomic E-state index is 0.00264. The predicted octanol–water partition coefficient (Wildman–Crippen LogP) is 6.29. The van der Waals surface area contributed by atoms with Crippen molar-refractivity contribution in [2.75, 3.05) is 44.7 Å². The van der Waals surface area contributed by atoms with E-state index in [0.717, 1.165) is 46.6 Å². The fourth-order valence-corrected chi connectivity index (χ4v) is 7.29. The molecule has 328 valence electrons. The number of hydrogen-bond acceptors (Lipinski definition) is 9. The summed E-state index contributed by atoms with van der Waals surface area (Å²) in [6.07, 6.45) is 8.07. The molecule has 6 rings (SSSR count). The van der Waals surface area contributed by atoms with Crippen LogP contribution in [0.5, 0.6) is 5.75 Å². The van der Waals surface area contributed by atoms with E-state index >= 15 is 0 Å². The number of ether oxygens (including phenoxy) is 1. The Balaban J connectivity index is 0.825. The number of allylic oxidation sites excluding steroid dienone is 4. The quantitative estimate of drug-likeness (QED) is 0.0522. The van der Waals surface area contributed by atoms with Gasteiger partial charge in [-0.3, -0.25) is 14.4 Å². The lowest BCUT2D eigenvalue weighted by Crippen LogP contribution is -2.41. The van der Waals surface area contributed by atoms with Crippen molar-refractivity contribution in [3.8, 4) is 5.75 Å². The number of fused-ring (bicyclic) bond motifs is 1. The van der Waals surface area contributed by atoms with Crippen LogP contribution in [0.2, 0.25) is 0 Å². The van der Waals surface area contributed by atoms with Crippen LogP contribution < -0.4 is 26.4 Å². The molecule has 1 fully saturated rings. The molecule has 4 aromatic carbocycles. The van der Waals surface area contributed by atoms with Crippen LogP contribution in [-0.4, -0.2) is 83.9 Å². The number of phenolic OH excluding ortho intramolecular Hbond substituents is 1. The summed E-state index contributed by atoms with van der Waals surface area (Å²) < 4.78 is 5.61. The van der Waals surface area contributed by atoms with Gasteiger partial charge in [0.05, 0.1) is 18.0 Å². The van der Waals surface area contributed by atoms with Crippen LogP contribution in [-0.2, 0) is 33.8 Å². The van der Waals surface area contributed by atoms with E-state index in [0.29, 0.717) is 61.9 Å². The van der Waals surface area contributed by atoms with Crippen LogP contribution in [0.3, 0.4) is 0 Å². The van der Waals surface area contributed by atoms with Gasteiger partial charge in [0.25, 0.3) is 0 Å². The number of piperidine rings is 1. The fraction of sp³-hybridized carbons (Fsp3) is 0.280. The molecule has 63 heavy (non-hydrogen) atoms. The first-order chi connectivity index (χ1) is 30.5.